The van der Waals surface area contributed by atoms with Gasteiger partial charge in [-0.3, -0.25) is 19.6 Å². The summed E-state index contributed by atoms with van der Waals surface area (Å²) in [4.78, 5) is 31.4. The molecule has 0 saturated carbocycles. The van der Waals surface area contributed by atoms with Crippen LogP contribution in [0.25, 0.3) is 10.2 Å². The molecule has 1 aliphatic heterocycles. The Bertz CT molecular complexity index is 1370. The number of rotatable bonds is 6. The van der Waals surface area contributed by atoms with Crippen molar-refractivity contribution < 1.29 is 9.59 Å². The largest absolute Gasteiger partial charge is 0.369 e. The average Bonchev–Trinajstić information content (AvgIpc) is 3.50. The van der Waals surface area contributed by atoms with Crippen LogP contribution in [0.5, 0.6) is 0 Å². The van der Waals surface area contributed by atoms with Crippen LogP contribution in [0.15, 0.2) is 60.7 Å². The lowest BCUT2D eigenvalue weighted by Gasteiger charge is -2.29. The van der Waals surface area contributed by atoms with E-state index in [0.717, 1.165) is 42.8 Å². The van der Waals surface area contributed by atoms with E-state index in [2.05, 4.69) is 25.7 Å². The maximum absolute atomic E-state index is 13.2. The minimum absolute atomic E-state index is 0.144. The fraction of sp³-hybridized carbons (Fsp3) is 0.296. The van der Waals surface area contributed by atoms with Gasteiger partial charge in [0, 0.05) is 44.5 Å². The van der Waals surface area contributed by atoms with E-state index in [-0.39, 0.29) is 11.8 Å². The molecule has 1 aliphatic rings. The molecule has 4 aromatic rings. The molecule has 2 aromatic carbocycles. The summed E-state index contributed by atoms with van der Waals surface area (Å²) < 4.78 is 0. The number of hydrogen-bond acceptors (Lipinski definition) is 6. The molecule has 3 N–H and O–H groups in total. The summed E-state index contributed by atoms with van der Waals surface area (Å²) in [6.45, 7) is 7.79. The molecule has 2 amide bonds. The van der Waals surface area contributed by atoms with E-state index in [1.54, 1.807) is 18.0 Å². The van der Waals surface area contributed by atoms with Gasteiger partial charge in [-0.15, -0.1) is 11.3 Å². The lowest BCUT2D eigenvalue weighted by atomic mass is 9.94. The number of nitrogens with one attached hydrogen (secondary N) is 3. The van der Waals surface area contributed by atoms with Crippen LogP contribution in [0.4, 0.5) is 11.5 Å². The second-order valence-electron chi connectivity index (χ2n) is 9.49. The molecule has 186 valence electrons. The SMILES string of the molecule is CN(C(=O)c1ccc(N2CCNCC2)cc1)c1[nH]nc2sc(C(=O)NC(C)(C)c3ccccc3)cc12. The number of piperazine rings is 1. The minimum atomic E-state index is -0.529. The number of fused-ring (bicyclic) bond motifs is 1. The number of aromatic amines is 1. The van der Waals surface area contributed by atoms with Crippen LogP contribution in [0.1, 0.15) is 39.4 Å². The normalized spacial score (nSPS) is 14.1. The third kappa shape index (κ3) is 4.72. The number of carbonyl (C=O) groups excluding carboxylic acids is 2. The molecule has 0 bridgehead atoms. The van der Waals surface area contributed by atoms with Gasteiger partial charge in [-0.2, -0.15) is 5.10 Å². The third-order valence-electron chi connectivity index (χ3n) is 6.61. The number of amides is 2. The predicted octanol–water partition coefficient (Wildman–Crippen LogP) is 3.98. The zero-order valence-electron chi connectivity index (χ0n) is 20.7. The summed E-state index contributed by atoms with van der Waals surface area (Å²) in [6, 6.07) is 19.4. The average molecular weight is 503 g/mol. The molecule has 36 heavy (non-hydrogen) atoms. The van der Waals surface area contributed by atoms with Gasteiger partial charge in [0.05, 0.1) is 15.8 Å². The quantitative estimate of drug-likeness (QED) is 0.371. The predicted molar refractivity (Wildman–Crippen MR) is 145 cm³/mol. The fourth-order valence-corrected chi connectivity index (χ4v) is 5.36. The Labute approximate surface area is 214 Å². The first kappa shape index (κ1) is 24.0. The number of H-pyrrole nitrogens is 1. The summed E-state index contributed by atoms with van der Waals surface area (Å²) in [5, 5.41) is 14.5. The van der Waals surface area contributed by atoms with Gasteiger partial charge >= 0.3 is 0 Å². The van der Waals surface area contributed by atoms with Crippen LogP contribution in [0, 0.1) is 0 Å². The Morgan fingerprint density at radius 2 is 1.75 bits per heavy atom. The van der Waals surface area contributed by atoms with Gasteiger partial charge in [-0.1, -0.05) is 30.3 Å². The summed E-state index contributed by atoms with van der Waals surface area (Å²) in [7, 11) is 1.72. The van der Waals surface area contributed by atoms with Crippen LogP contribution in [-0.2, 0) is 5.54 Å². The molecule has 1 fully saturated rings. The molecule has 1 saturated heterocycles. The summed E-state index contributed by atoms with van der Waals surface area (Å²) in [5.74, 6) is 0.254. The highest BCUT2D eigenvalue weighted by molar-refractivity contribution is 7.20. The van der Waals surface area contributed by atoms with Crippen molar-refractivity contribution >= 4 is 44.9 Å². The first-order valence-corrected chi connectivity index (χ1v) is 12.8. The zero-order valence-corrected chi connectivity index (χ0v) is 21.5. The highest BCUT2D eigenvalue weighted by atomic mass is 32.1. The molecule has 3 heterocycles. The van der Waals surface area contributed by atoms with Crippen molar-refractivity contribution in [3.05, 3.63) is 76.7 Å². The van der Waals surface area contributed by atoms with Gasteiger partial charge in [0.25, 0.3) is 11.8 Å². The van der Waals surface area contributed by atoms with Crippen LogP contribution in [0.2, 0.25) is 0 Å². The number of nitrogens with zero attached hydrogens (tertiary/aromatic N) is 3. The molecule has 9 heteroatoms. The van der Waals surface area contributed by atoms with Crippen LogP contribution in [0.3, 0.4) is 0 Å². The van der Waals surface area contributed by atoms with Crippen molar-refractivity contribution in [2.24, 2.45) is 0 Å². The van der Waals surface area contributed by atoms with Gasteiger partial charge in [0.1, 0.15) is 10.6 Å². The first-order valence-electron chi connectivity index (χ1n) is 12.0. The number of aromatic nitrogens is 2. The molecule has 8 nitrogen and oxygen atoms in total. The highest BCUT2D eigenvalue weighted by Gasteiger charge is 2.26. The summed E-state index contributed by atoms with van der Waals surface area (Å²) >= 11 is 1.30. The topological polar surface area (TPSA) is 93.4 Å². The van der Waals surface area contributed by atoms with Gasteiger partial charge < -0.3 is 15.5 Å². The summed E-state index contributed by atoms with van der Waals surface area (Å²) in [6.07, 6.45) is 0. The maximum atomic E-state index is 13.2. The Kier molecular flexibility index (Phi) is 6.51. The second-order valence-corrected chi connectivity index (χ2v) is 10.5. The van der Waals surface area contributed by atoms with Crippen molar-refractivity contribution in [2.45, 2.75) is 19.4 Å². The minimum Gasteiger partial charge on any atom is -0.369 e. The molecule has 5 rings (SSSR count). The third-order valence-corrected chi connectivity index (χ3v) is 7.64. The van der Waals surface area contributed by atoms with Crippen molar-refractivity contribution in [1.29, 1.82) is 0 Å². The number of carbonyl (C=O) groups is 2. The van der Waals surface area contributed by atoms with Crippen LogP contribution >= 0.6 is 11.3 Å². The molecule has 2 aromatic heterocycles. The Morgan fingerprint density at radius 1 is 1.06 bits per heavy atom. The number of anilines is 2. The smallest absolute Gasteiger partial charge is 0.262 e. The number of hydrogen-bond donors (Lipinski definition) is 3. The van der Waals surface area contributed by atoms with Crippen LogP contribution < -0.4 is 20.4 Å². The number of thiophene rings is 1. The van der Waals surface area contributed by atoms with E-state index in [0.29, 0.717) is 21.1 Å². The van der Waals surface area contributed by atoms with E-state index in [1.807, 2.05) is 68.4 Å². The standard InChI is InChI=1S/C27H30N6O2S/c1-27(2,19-7-5-4-6-8-19)29-24(34)22-17-21-23(30-31-25(21)36-22)32(3)26(35)18-9-11-20(12-10-18)33-15-13-28-14-16-33/h4-12,17,28H,13-16H2,1-3H3,(H,29,34)(H,30,31). The van der Waals surface area contributed by atoms with E-state index in [4.69, 9.17) is 0 Å². The van der Waals surface area contributed by atoms with Crippen molar-refractivity contribution in [3.8, 4) is 0 Å². The molecule has 0 unspecified atom stereocenters. The Hall–Kier alpha value is -3.69. The van der Waals surface area contributed by atoms with E-state index in [9.17, 15) is 9.59 Å². The van der Waals surface area contributed by atoms with Crippen LogP contribution in [-0.4, -0.2) is 55.2 Å². The molecule has 0 spiro atoms. The number of benzene rings is 2. The molecular formula is C27H30N6O2S. The molecular weight excluding hydrogens is 472 g/mol. The lowest BCUT2D eigenvalue weighted by Crippen LogP contribution is -2.43. The van der Waals surface area contributed by atoms with Gasteiger partial charge in [-0.05, 0) is 49.7 Å². The Morgan fingerprint density at radius 3 is 2.44 bits per heavy atom. The fourth-order valence-electron chi connectivity index (χ4n) is 4.47. The first-order chi connectivity index (χ1) is 17.3. The highest BCUT2D eigenvalue weighted by Crippen LogP contribution is 2.32. The van der Waals surface area contributed by atoms with E-state index in [1.165, 1.54) is 11.3 Å². The Balaban J connectivity index is 1.32. The molecule has 0 radical (unpaired) electrons. The maximum Gasteiger partial charge on any atom is 0.262 e. The van der Waals surface area contributed by atoms with E-state index < -0.39 is 5.54 Å². The molecule has 0 atom stereocenters. The lowest BCUT2D eigenvalue weighted by molar-refractivity contribution is 0.0915. The zero-order chi connectivity index (χ0) is 25.3. The van der Waals surface area contributed by atoms with Gasteiger partial charge in [0.15, 0.2) is 0 Å². The van der Waals surface area contributed by atoms with E-state index >= 15 is 0 Å². The van der Waals surface area contributed by atoms with Crippen molar-refractivity contribution in [2.75, 3.05) is 43.0 Å². The van der Waals surface area contributed by atoms with Crippen molar-refractivity contribution in [3.63, 3.8) is 0 Å². The summed E-state index contributed by atoms with van der Waals surface area (Å²) in [5.41, 5.74) is 2.20. The second kappa shape index (κ2) is 9.75. The monoisotopic (exact) mass is 502 g/mol. The van der Waals surface area contributed by atoms with Crippen molar-refractivity contribution in [1.82, 2.24) is 20.8 Å². The van der Waals surface area contributed by atoms with Gasteiger partial charge in [-0.25, -0.2) is 0 Å². The molecule has 0 aliphatic carbocycles. The van der Waals surface area contributed by atoms with Gasteiger partial charge in [0.2, 0.25) is 0 Å².